The number of amides is 2. The number of piperidine rings is 1. The second-order valence-corrected chi connectivity index (χ2v) is 10.5. The molecule has 1 aromatic carbocycles. The van der Waals surface area contributed by atoms with Crippen molar-refractivity contribution in [3.63, 3.8) is 0 Å². The summed E-state index contributed by atoms with van der Waals surface area (Å²) in [6, 6.07) is 9.95. The predicted octanol–water partition coefficient (Wildman–Crippen LogP) is 3.67. The summed E-state index contributed by atoms with van der Waals surface area (Å²) in [7, 11) is 4.09. The maximum absolute atomic E-state index is 13.1. The van der Waals surface area contributed by atoms with Crippen LogP contribution in [-0.4, -0.2) is 66.9 Å². The van der Waals surface area contributed by atoms with Crippen molar-refractivity contribution in [3.05, 3.63) is 40.9 Å². The van der Waals surface area contributed by atoms with Crippen molar-refractivity contribution in [2.75, 3.05) is 40.3 Å². The van der Waals surface area contributed by atoms with Crippen molar-refractivity contribution in [1.82, 2.24) is 20.1 Å². The fraction of sp³-hybridized carbons (Fsp3) is 0.542. The molecule has 1 aromatic heterocycles. The molecule has 1 saturated heterocycles. The third-order valence-corrected chi connectivity index (χ3v) is 6.84. The van der Waals surface area contributed by atoms with Gasteiger partial charge in [0.1, 0.15) is 9.88 Å². The minimum Gasteiger partial charge on any atom is -0.355 e. The number of likely N-dealkylation sites (tertiary alicyclic amines) is 1. The van der Waals surface area contributed by atoms with Crippen molar-refractivity contribution in [2.24, 2.45) is 11.3 Å². The molecule has 168 valence electrons. The third-order valence-electron chi connectivity index (χ3n) is 5.65. The highest BCUT2D eigenvalue weighted by Crippen LogP contribution is 2.30. The summed E-state index contributed by atoms with van der Waals surface area (Å²) < 4.78 is 0. The van der Waals surface area contributed by atoms with E-state index in [1.54, 1.807) is 0 Å². The van der Waals surface area contributed by atoms with Crippen molar-refractivity contribution in [2.45, 2.75) is 33.6 Å². The molecular formula is C24H34N4O2S. The molecule has 6 nitrogen and oxygen atoms in total. The van der Waals surface area contributed by atoms with E-state index in [1.807, 2.05) is 56.3 Å². The van der Waals surface area contributed by atoms with Gasteiger partial charge in [-0.2, -0.15) is 0 Å². The Morgan fingerprint density at radius 2 is 1.84 bits per heavy atom. The topological polar surface area (TPSA) is 65.5 Å². The zero-order valence-corrected chi connectivity index (χ0v) is 20.1. The number of carbonyl (C=O) groups is 2. The van der Waals surface area contributed by atoms with Gasteiger partial charge in [-0.05, 0) is 39.3 Å². The van der Waals surface area contributed by atoms with E-state index >= 15 is 0 Å². The van der Waals surface area contributed by atoms with Gasteiger partial charge in [0.2, 0.25) is 5.91 Å². The average Bonchev–Trinajstić information content (AvgIpc) is 3.13. The molecular weight excluding hydrogens is 408 g/mol. The highest BCUT2D eigenvalue weighted by molar-refractivity contribution is 7.17. The molecule has 0 radical (unpaired) electrons. The van der Waals surface area contributed by atoms with E-state index in [2.05, 4.69) is 29.0 Å². The molecule has 1 aliphatic heterocycles. The van der Waals surface area contributed by atoms with Crippen LogP contribution in [0.2, 0.25) is 0 Å². The average molecular weight is 443 g/mol. The van der Waals surface area contributed by atoms with Crippen molar-refractivity contribution < 1.29 is 9.59 Å². The first-order valence-corrected chi connectivity index (χ1v) is 11.7. The molecule has 0 aliphatic carbocycles. The number of hydrogen-bond donors (Lipinski definition) is 1. The molecule has 1 fully saturated rings. The SMILES string of the molecule is Cc1nc(-c2ccccc2)sc1C(=O)N1CCC(C(=O)NCC(C)(C)CN(C)C)CC1. The Balaban J connectivity index is 1.54. The number of benzene rings is 1. The normalized spacial score (nSPS) is 15.4. The lowest BCUT2D eigenvalue weighted by Crippen LogP contribution is -2.46. The van der Waals surface area contributed by atoms with Crippen LogP contribution in [0.4, 0.5) is 0 Å². The fourth-order valence-corrected chi connectivity index (χ4v) is 5.21. The number of hydrogen-bond acceptors (Lipinski definition) is 5. The predicted molar refractivity (Wildman–Crippen MR) is 126 cm³/mol. The summed E-state index contributed by atoms with van der Waals surface area (Å²) in [5.74, 6) is 0.115. The van der Waals surface area contributed by atoms with Gasteiger partial charge < -0.3 is 15.1 Å². The van der Waals surface area contributed by atoms with E-state index in [1.165, 1.54) is 11.3 Å². The summed E-state index contributed by atoms with van der Waals surface area (Å²) in [4.78, 5) is 35.1. The number of aromatic nitrogens is 1. The van der Waals surface area contributed by atoms with Crippen LogP contribution in [0.15, 0.2) is 30.3 Å². The molecule has 2 aromatic rings. The Kier molecular flexibility index (Phi) is 7.49. The summed E-state index contributed by atoms with van der Waals surface area (Å²) in [5.41, 5.74) is 1.83. The van der Waals surface area contributed by atoms with Gasteiger partial charge in [0.05, 0.1) is 5.69 Å². The van der Waals surface area contributed by atoms with E-state index in [0.717, 1.165) is 22.8 Å². The van der Waals surface area contributed by atoms with Crippen LogP contribution in [0.3, 0.4) is 0 Å². The molecule has 0 atom stereocenters. The standard InChI is InChI=1S/C24H34N4O2S/c1-17-20(31-22(26-17)19-9-7-6-8-10-19)23(30)28-13-11-18(12-14-28)21(29)25-15-24(2,3)16-27(4)5/h6-10,18H,11-16H2,1-5H3,(H,25,29). The first-order chi connectivity index (χ1) is 14.7. The Bertz CT molecular complexity index is 900. The summed E-state index contributed by atoms with van der Waals surface area (Å²) in [5, 5.41) is 4.00. The van der Waals surface area contributed by atoms with E-state index in [9.17, 15) is 9.59 Å². The van der Waals surface area contributed by atoms with E-state index in [0.29, 0.717) is 37.4 Å². The first kappa shape index (κ1) is 23.4. The number of nitrogens with zero attached hydrogens (tertiary/aromatic N) is 3. The van der Waals surface area contributed by atoms with Gasteiger partial charge in [-0.3, -0.25) is 9.59 Å². The van der Waals surface area contributed by atoms with Gasteiger partial charge in [0.25, 0.3) is 5.91 Å². The smallest absolute Gasteiger partial charge is 0.265 e. The summed E-state index contributed by atoms with van der Waals surface area (Å²) in [6.07, 6.45) is 1.41. The van der Waals surface area contributed by atoms with Crippen LogP contribution in [0, 0.1) is 18.3 Å². The molecule has 0 bridgehead atoms. The quantitative estimate of drug-likeness (QED) is 0.711. The van der Waals surface area contributed by atoms with E-state index in [4.69, 9.17) is 0 Å². The maximum Gasteiger partial charge on any atom is 0.265 e. The molecule has 2 amide bonds. The van der Waals surface area contributed by atoms with E-state index in [-0.39, 0.29) is 23.1 Å². The lowest BCUT2D eigenvalue weighted by molar-refractivity contribution is -0.126. The van der Waals surface area contributed by atoms with Crippen molar-refractivity contribution in [3.8, 4) is 10.6 Å². The Morgan fingerprint density at radius 3 is 2.45 bits per heavy atom. The zero-order valence-electron chi connectivity index (χ0n) is 19.3. The second kappa shape index (κ2) is 9.92. The number of rotatable bonds is 7. The van der Waals surface area contributed by atoms with Crippen LogP contribution < -0.4 is 5.32 Å². The monoisotopic (exact) mass is 442 g/mol. The van der Waals surface area contributed by atoms with E-state index < -0.39 is 0 Å². The molecule has 3 rings (SSSR count). The molecule has 2 heterocycles. The van der Waals surface area contributed by atoms with Gasteiger partial charge in [-0.1, -0.05) is 44.2 Å². The van der Waals surface area contributed by atoms with Gasteiger partial charge >= 0.3 is 0 Å². The Morgan fingerprint density at radius 1 is 1.19 bits per heavy atom. The number of aryl methyl sites for hydroxylation is 1. The Hall–Kier alpha value is -2.25. The summed E-state index contributed by atoms with van der Waals surface area (Å²) >= 11 is 1.45. The number of carbonyl (C=O) groups excluding carboxylic acids is 2. The van der Waals surface area contributed by atoms with Crippen LogP contribution in [-0.2, 0) is 4.79 Å². The minimum absolute atomic E-state index is 0.0238. The number of thiazole rings is 1. The molecule has 0 saturated carbocycles. The molecule has 7 heteroatoms. The highest BCUT2D eigenvalue weighted by atomic mass is 32.1. The van der Waals surface area contributed by atoms with Gasteiger partial charge in [0.15, 0.2) is 0 Å². The second-order valence-electron chi connectivity index (χ2n) is 9.49. The van der Waals surface area contributed by atoms with Gasteiger partial charge in [-0.25, -0.2) is 4.98 Å². The number of nitrogens with one attached hydrogen (secondary N) is 1. The Labute approximate surface area is 189 Å². The molecule has 1 aliphatic rings. The van der Waals surface area contributed by atoms with Gasteiger partial charge in [0, 0.05) is 37.7 Å². The fourth-order valence-electron chi connectivity index (χ4n) is 4.17. The minimum atomic E-state index is -0.0263. The first-order valence-electron chi connectivity index (χ1n) is 10.9. The lowest BCUT2D eigenvalue weighted by Gasteiger charge is -2.33. The molecule has 1 N–H and O–H groups in total. The van der Waals surface area contributed by atoms with Crippen LogP contribution in [0.5, 0.6) is 0 Å². The van der Waals surface area contributed by atoms with Crippen LogP contribution in [0.25, 0.3) is 10.6 Å². The highest BCUT2D eigenvalue weighted by Gasteiger charge is 2.30. The van der Waals surface area contributed by atoms with Gasteiger partial charge in [-0.15, -0.1) is 11.3 Å². The van der Waals surface area contributed by atoms with Crippen molar-refractivity contribution in [1.29, 1.82) is 0 Å². The van der Waals surface area contributed by atoms with Crippen LogP contribution in [0.1, 0.15) is 42.1 Å². The largest absolute Gasteiger partial charge is 0.355 e. The third kappa shape index (κ3) is 6.14. The molecule has 0 spiro atoms. The summed E-state index contributed by atoms with van der Waals surface area (Å²) in [6.45, 7) is 9.01. The van der Waals surface area contributed by atoms with Crippen molar-refractivity contribution >= 4 is 23.2 Å². The lowest BCUT2D eigenvalue weighted by atomic mass is 9.91. The maximum atomic E-state index is 13.1. The molecule has 0 unspecified atom stereocenters. The zero-order chi connectivity index (χ0) is 22.6. The molecule has 31 heavy (non-hydrogen) atoms. The van der Waals surface area contributed by atoms with Crippen LogP contribution >= 0.6 is 11.3 Å².